The summed E-state index contributed by atoms with van der Waals surface area (Å²) in [5.74, 6) is -1.91. The van der Waals surface area contributed by atoms with Gasteiger partial charge in [-0.1, -0.05) is 6.07 Å². The number of imide groups is 1. The number of amides is 3. The molecule has 3 rings (SSSR count). The first-order chi connectivity index (χ1) is 9.99. The van der Waals surface area contributed by atoms with Crippen LogP contribution in [0.25, 0.3) is 0 Å². The molecule has 108 valence electrons. The summed E-state index contributed by atoms with van der Waals surface area (Å²) in [7, 11) is 0. The van der Waals surface area contributed by atoms with Crippen LogP contribution in [0.15, 0.2) is 18.2 Å². The number of rotatable bonds is 4. The Morgan fingerprint density at radius 1 is 1.33 bits per heavy atom. The van der Waals surface area contributed by atoms with Crippen LogP contribution in [-0.2, 0) is 4.79 Å². The van der Waals surface area contributed by atoms with Crippen molar-refractivity contribution < 1.29 is 19.3 Å². The van der Waals surface area contributed by atoms with Crippen LogP contribution in [0.4, 0.5) is 5.69 Å². The third-order valence-corrected chi connectivity index (χ3v) is 3.42. The lowest BCUT2D eigenvalue weighted by atomic mass is 10.1. The van der Waals surface area contributed by atoms with E-state index in [9.17, 15) is 24.5 Å². The summed E-state index contributed by atoms with van der Waals surface area (Å²) in [6.45, 7) is -0.417. The Hall–Kier alpha value is -2.77. The van der Waals surface area contributed by atoms with E-state index in [2.05, 4.69) is 5.32 Å². The minimum absolute atomic E-state index is 0.0339. The zero-order valence-corrected chi connectivity index (χ0v) is 10.9. The fraction of sp³-hybridized carbons (Fsp3) is 0.308. The predicted octanol–water partition coefficient (Wildman–Crippen LogP) is 0.469. The Morgan fingerprint density at radius 3 is 2.67 bits per heavy atom. The first-order valence-corrected chi connectivity index (χ1v) is 6.42. The SMILES string of the molecule is O=C(CN1C(=O)c2cccc([N+](=O)[O-])c2C1=O)NC1CC1. The molecule has 0 unspecified atom stereocenters. The maximum Gasteiger partial charge on any atom is 0.282 e. The van der Waals surface area contributed by atoms with Crippen LogP contribution in [0.2, 0.25) is 0 Å². The minimum Gasteiger partial charge on any atom is -0.352 e. The second-order valence-electron chi connectivity index (χ2n) is 5.00. The van der Waals surface area contributed by atoms with Crippen molar-refractivity contribution in [3.63, 3.8) is 0 Å². The fourth-order valence-electron chi connectivity index (χ4n) is 2.26. The minimum atomic E-state index is -0.798. The molecular weight excluding hydrogens is 278 g/mol. The molecule has 8 heteroatoms. The molecule has 1 aromatic carbocycles. The van der Waals surface area contributed by atoms with E-state index in [1.165, 1.54) is 12.1 Å². The zero-order valence-electron chi connectivity index (χ0n) is 10.9. The molecule has 21 heavy (non-hydrogen) atoms. The number of hydrogen-bond acceptors (Lipinski definition) is 5. The lowest BCUT2D eigenvalue weighted by Gasteiger charge is -2.13. The number of carbonyl (C=O) groups is 3. The lowest BCUT2D eigenvalue weighted by molar-refractivity contribution is -0.385. The molecule has 1 fully saturated rings. The van der Waals surface area contributed by atoms with Gasteiger partial charge in [0, 0.05) is 12.1 Å². The predicted molar refractivity (Wildman–Crippen MR) is 69.6 cm³/mol. The molecule has 1 saturated carbocycles. The summed E-state index contributed by atoms with van der Waals surface area (Å²) in [5, 5.41) is 13.6. The van der Waals surface area contributed by atoms with E-state index in [1.807, 2.05) is 0 Å². The van der Waals surface area contributed by atoms with Gasteiger partial charge in [0.2, 0.25) is 5.91 Å². The summed E-state index contributed by atoms with van der Waals surface area (Å²) < 4.78 is 0. The van der Waals surface area contributed by atoms with Crippen LogP contribution in [-0.4, -0.2) is 40.1 Å². The summed E-state index contributed by atoms with van der Waals surface area (Å²) in [6, 6.07) is 3.97. The van der Waals surface area contributed by atoms with E-state index in [0.29, 0.717) is 0 Å². The molecule has 0 saturated heterocycles. The van der Waals surface area contributed by atoms with Gasteiger partial charge in [-0.3, -0.25) is 29.4 Å². The Morgan fingerprint density at radius 2 is 2.05 bits per heavy atom. The summed E-state index contributed by atoms with van der Waals surface area (Å²) in [5.41, 5.74) is -0.698. The van der Waals surface area contributed by atoms with Crippen LogP contribution < -0.4 is 5.32 Å². The molecule has 3 amide bonds. The van der Waals surface area contributed by atoms with Crippen molar-refractivity contribution in [1.82, 2.24) is 10.2 Å². The van der Waals surface area contributed by atoms with Crippen LogP contribution in [0.5, 0.6) is 0 Å². The third-order valence-electron chi connectivity index (χ3n) is 3.42. The average molecular weight is 289 g/mol. The second kappa shape index (κ2) is 4.65. The summed E-state index contributed by atoms with van der Waals surface area (Å²) in [4.78, 5) is 47.0. The van der Waals surface area contributed by atoms with Crippen molar-refractivity contribution in [1.29, 1.82) is 0 Å². The molecule has 0 aromatic heterocycles. The highest BCUT2D eigenvalue weighted by Gasteiger charge is 2.41. The van der Waals surface area contributed by atoms with E-state index in [-0.39, 0.29) is 17.2 Å². The van der Waals surface area contributed by atoms with E-state index >= 15 is 0 Å². The standard InChI is InChI=1S/C13H11N3O5/c17-10(14-7-4-5-7)6-15-12(18)8-2-1-3-9(16(20)21)11(8)13(15)19/h1-3,7H,4-6H2,(H,14,17). The molecule has 0 atom stereocenters. The topological polar surface area (TPSA) is 110 Å². The van der Waals surface area contributed by atoms with Gasteiger partial charge >= 0.3 is 0 Å². The molecule has 1 aromatic rings. The van der Waals surface area contributed by atoms with Crippen molar-refractivity contribution in [2.24, 2.45) is 0 Å². The van der Waals surface area contributed by atoms with E-state index in [4.69, 9.17) is 0 Å². The highest BCUT2D eigenvalue weighted by atomic mass is 16.6. The molecule has 0 spiro atoms. The van der Waals surface area contributed by atoms with Gasteiger partial charge in [0.1, 0.15) is 12.1 Å². The lowest BCUT2D eigenvalue weighted by Crippen LogP contribution is -2.41. The number of nitrogens with zero attached hydrogens (tertiary/aromatic N) is 2. The van der Waals surface area contributed by atoms with Crippen molar-refractivity contribution in [3.05, 3.63) is 39.4 Å². The van der Waals surface area contributed by atoms with Crippen molar-refractivity contribution in [2.45, 2.75) is 18.9 Å². The van der Waals surface area contributed by atoms with Gasteiger partial charge in [0.15, 0.2) is 0 Å². The third kappa shape index (κ3) is 2.24. The number of benzene rings is 1. The van der Waals surface area contributed by atoms with Gasteiger partial charge in [-0.05, 0) is 18.9 Å². The molecule has 1 heterocycles. The van der Waals surface area contributed by atoms with Crippen molar-refractivity contribution in [2.75, 3.05) is 6.54 Å². The first-order valence-electron chi connectivity index (χ1n) is 6.42. The normalized spacial score (nSPS) is 16.9. The van der Waals surface area contributed by atoms with Gasteiger partial charge in [0.25, 0.3) is 17.5 Å². The summed E-state index contributed by atoms with van der Waals surface area (Å²) in [6.07, 6.45) is 1.78. The molecule has 1 N–H and O–H groups in total. The Balaban J connectivity index is 1.87. The number of hydrogen-bond donors (Lipinski definition) is 1. The van der Waals surface area contributed by atoms with E-state index in [1.54, 1.807) is 0 Å². The number of nitrogens with one attached hydrogen (secondary N) is 1. The van der Waals surface area contributed by atoms with E-state index < -0.39 is 34.9 Å². The second-order valence-corrected chi connectivity index (χ2v) is 5.00. The Bertz CT molecular complexity index is 680. The molecular formula is C13H11N3O5. The number of nitro benzene ring substituents is 1. The smallest absolute Gasteiger partial charge is 0.282 e. The maximum absolute atomic E-state index is 12.2. The zero-order chi connectivity index (χ0) is 15.1. The van der Waals surface area contributed by atoms with Crippen molar-refractivity contribution >= 4 is 23.4 Å². The molecule has 2 aliphatic rings. The van der Waals surface area contributed by atoms with Gasteiger partial charge in [-0.2, -0.15) is 0 Å². The molecule has 1 aliphatic heterocycles. The Kier molecular flexibility index (Phi) is 2.93. The van der Waals surface area contributed by atoms with E-state index in [0.717, 1.165) is 23.8 Å². The van der Waals surface area contributed by atoms with Crippen LogP contribution in [0.1, 0.15) is 33.6 Å². The molecule has 1 aliphatic carbocycles. The van der Waals surface area contributed by atoms with Gasteiger partial charge in [-0.25, -0.2) is 0 Å². The van der Waals surface area contributed by atoms with Crippen molar-refractivity contribution in [3.8, 4) is 0 Å². The Labute approximate surface area is 118 Å². The quantitative estimate of drug-likeness (QED) is 0.492. The van der Waals surface area contributed by atoms with Gasteiger partial charge < -0.3 is 5.32 Å². The number of nitro groups is 1. The average Bonchev–Trinajstić information content (AvgIpc) is 3.22. The fourth-order valence-corrected chi connectivity index (χ4v) is 2.26. The summed E-state index contributed by atoms with van der Waals surface area (Å²) >= 11 is 0. The van der Waals surface area contributed by atoms with Gasteiger partial charge in [-0.15, -0.1) is 0 Å². The van der Waals surface area contributed by atoms with Crippen LogP contribution in [0, 0.1) is 10.1 Å². The largest absolute Gasteiger partial charge is 0.352 e. The van der Waals surface area contributed by atoms with Gasteiger partial charge in [0.05, 0.1) is 10.5 Å². The molecule has 0 radical (unpaired) electrons. The highest BCUT2D eigenvalue weighted by Crippen LogP contribution is 2.30. The molecule has 8 nitrogen and oxygen atoms in total. The van der Waals surface area contributed by atoms with Crippen LogP contribution in [0.3, 0.4) is 0 Å². The molecule has 0 bridgehead atoms. The maximum atomic E-state index is 12.2. The highest BCUT2D eigenvalue weighted by molar-refractivity contribution is 6.24. The van der Waals surface area contributed by atoms with Crippen LogP contribution >= 0.6 is 0 Å². The first kappa shape index (κ1) is 13.2. The number of carbonyl (C=O) groups excluding carboxylic acids is 3. The monoisotopic (exact) mass is 289 g/mol. The number of fused-ring (bicyclic) bond motifs is 1.